The second kappa shape index (κ2) is 7.11. The normalized spacial score (nSPS) is 14.9. The lowest BCUT2D eigenvalue weighted by Crippen LogP contribution is -2.32. The van der Waals surface area contributed by atoms with Crippen LogP contribution in [0.4, 0.5) is 10.8 Å². The summed E-state index contributed by atoms with van der Waals surface area (Å²) in [7, 11) is 0. The molecule has 1 aromatic heterocycles. The fourth-order valence-electron chi connectivity index (χ4n) is 2.57. The van der Waals surface area contributed by atoms with Gasteiger partial charge in [0.05, 0.1) is 11.1 Å². The Kier molecular flexibility index (Phi) is 5.11. The minimum absolute atomic E-state index is 0.0781. The number of nitrogens with zero attached hydrogens (tertiary/aromatic N) is 2. The topological polar surface area (TPSA) is 45.2 Å². The molecule has 4 nitrogen and oxygen atoms in total. The molecule has 6 heteroatoms. The Morgan fingerprint density at radius 2 is 2.12 bits per heavy atom. The van der Waals surface area contributed by atoms with Gasteiger partial charge in [-0.15, -0.1) is 22.9 Å². The maximum absolute atomic E-state index is 12.3. The number of amides is 1. The fourth-order valence-corrected chi connectivity index (χ4v) is 3.58. The van der Waals surface area contributed by atoms with E-state index in [4.69, 9.17) is 16.6 Å². The van der Waals surface area contributed by atoms with Gasteiger partial charge in [0.25, 0.3) is 0 Å². The van der Waals surface area contributed by atoms with Crippen LogP contribution in [0, 0.1) is 5.41 Å². The monoisotopic (exact) mass is 363 g/mol. The van der Waals surface area contributed by atoms with E-state index in [2.05, 4.69) is 15.6 Å². The third kappa shape index (κ3) is 3.73. The molecule has 0 spiro atoms. The third-order valence-electron chi connectivity index (χ3n) is 4.23. The zero-order valence-electron chi connectivity index (χ0n) is 14.0. The number of nitrogens with one attached hydrogen (secondary N) is 1. The minimum atomic E-state index is -0.596. The number of carbonyl (C=O) groups is 1. The Hall–Kier alpha value is -1.59. The summed E-state index contributed by atoms with van der Waals surface area (Å²) in [6.07, 6.45) is 2.49. The lowest BCUT2D eigenvalue weighted by Gasteiger charge is -2.20. The molecule has 1 aromatic carbocycles. The highest BCUT2D eigenvalue weighted by atomic mass is 35.5. The highest BCUT2D eigenvalue weighted by Gasteiger charge is 2.26. The molecule has 1 aliphatic heterocycles. The van der Waals surface area contributed by atoms with Crippen molar-refractivity contribution in [2.24, 2.45) is 5.41 Å². The number of benzene rings is 1. The van der Waals surface area contributed by atoms with Gasteiger partial charge >= 0.3 is 0 Å². The van der Waals surface area contributed by atoms with Gasteiger partial charge in [-0.25, -0.2) is 4.98 Å². The van der Waals surface area contributed by atoms with E-state index in [9.17, 15) is 4.79 Å². The molecule has 0 radical (unpaired) electrons. The lowest BCUT2D eigenvalue weighted by atomic mass is 9.95. The van der Waals surface area contributed by atoms with Crippen LogP contribution < -0.4 is 10.2 Å². The number of thiazole rings is 1. The van der Waals surface area contributed by atoms with Crippen molar-refractivity contribution in [2.45, 2.75) is 26.7 Å². The van der Waals surface area contributed by atoms with Gasteiger partial charge in [-0.3, -0.25) is 4.79 Å². The maximum atomic E-state index is 12.3. The molecule has 1 fully saturated rings. The first kappa shape index (κ1) is 17.2. The van der Waals surface area contributed by atoms with Crippen LogP contribution in [0.25, 0.3) is 11.3 Å². The number of hydrogen-bond donors (Lipinski definition) is 1. The highest BCUT2D eigenvalue weighted by Crippen LogP contribution is 2.31. The molecular weight excluding hydrogens is 342 g/mol. The largest absolute Gasteiger partial charge is 0.348 e. The average Bonchev–Trinajstić information content (AvgIpc) is 3.26. The first-order valence-corrected chi connectivity index (χ1v) is 9.59. The number of halogens is 1. The van der Waals surface area contributed by atoms with Gasteiger partial charge in [0.1, 0.15) is 0 Å². The minimum Gasteiger partial charge on any atom is -0.348 e. The molecule has 128 valence electrons. The van der Waals surface area contributed by atoms with Crippen LogP contribution in [0.5, 0.6) is 0 Å². The molecule has 1 saturated heterocycles. The molecule has 0 atom stereocenters. The highest BCUT2D eigenvalue weighted by molar-refractivity contribution is 7.14. The van der Waals surface area contributed by atoms with E-state index in [-0.39, 0.29) is 11.8 Å². The quantitative estimate of drug-likeness (QED) is 0.789. The summed E-state index contributed by atoms with van der Waals surface area (Å²) in [5.74, 6) is 0.203. The Labute approximate surface area is 151 Å². The summed E-state index contributed by atoms with van der Waals surface area (Å²) in [6, 6.07) is 7.81. The maximum Gasteiger partial charge on any atom is 0.231 e. The number of aromatic nitrogens is 1. The van der Waals surface area contributed by atoms with Crippen LogP contribution in [0.3, 0.4) is 0 Å². The van der Waals surface area contributed by atoms with E-state index < -0.39 is 5.41 Å². The molecule has 24 heavy (non-hydrogen) atoms. The van der Waals surface area contributed by atoms with Crippen molar-refractivity contribution in [1.29, 1.82) is 0 Å². The van der Waals surface area contributed by atoms with Crippen molar-refractivity contribution in [3.05, 3.63) is 29.6 Å². The first-order valence-electron chi connectivity index (χ1n) is 8.18. The zero-order chi connectivity index (χ0) is 17.2. The number of carbonyl (C=O) groups excluding carboxylic acids is 1. The van der Waals surface area contributed by atoms with Gasteiger partial charge in [-0.05, 0) is 38.8 Å². The molecule has 2 aromatic rings. The van der Waals surface area contributed by atoms with E-state index >= 15 is 0 Å². The molecular formula is C18H22ClN3OS. The lowest BCUT2D eigenvalue weighted by molar-refractivity contribution is -0.122. The molecule has 2 heterocycles. The van der Waals surface area contributed by atoms with Crippen LogP contribution in [0.2, 0.25) is 0 Å². The van der Waals surface area contributed by atoms with Crippen LogP contribution in [0.15, 0.2) is 29.6 Å². The van der Waals surface area contributed by atoms with Gasteiger partial charge in [-0.2, -0.15) is 0 Å². The van der Waals surface area contributed by atoms with E-state index in [0.29, 0.717) is 0 Å². The smallest absolute Gasteiger partial charge is 0.231 e. The molecule has 1 amide bonds. The van der Waals surface area contributed by atoms with Crippen molar-refractivity contribution in [3.63, 3.8) is 0 Å². The second-order valence-electron chi connectivity index (χ2n) is 6.76. The van der Waals surface area contributed by atoms with Gasteiger partial charge in [0, 0.05) is 35.6 Å². The van der Waals surface area contributed by atoms with E-state index in [1.807, 2.05) is 38.1 Å². The average molecular weight is 364 g/mol. The van der Waals surface area contributed by atoms with E-state index in [1.54, 1.807) is 11.3 Å². The predicted molar refractivity (Wildman–Crippen MR) is 102 cm³/mol. The van der Waals surface area contributed by atoms with Crippen LogP contribution in [-0.2, 0) is 4.79 Å². The van der Waals surface area contributed by atoms with Crippen LogP contribution >= 0.6 is 22.9 Å². The third-order valence-corrected chi connectivity index (χ3v) is 5.80. The van der Waals surface area contributed by atoms with E-state index in [1.165, 1.54) is 12.8 Å². The van der Waals surface area contributed by atoms with E-state index in [0.717, 1.165) is 35.2 Å². The number of alkyl halides is 1. The Balaban J connectivity index is 1.77. The molecule has 0 aliphatic carbocycles. The predicted octanol–water partition coefficient (Wildman–Crippen LogP) is 4.61. The Bertz CT molecular complexity index is 723. The van der Waals surface area contributed by atoms with Crippen molar-refractivity contribution < 1.29 is 4.79 Å². The number of rotatable bonds is 5. The van der Waals surface area contributed by atoms with Crippen LogP contribution in [-0.4, -0.2) is 29.9 Å². The summed E-state index contributed by atoms with van der Waals surface area (Å²) in [5.41, 5.74) is 2.14. The SMILES string of the molecule is CC(C)(CCl)C(=O)Nc1cccc(-c2csc(N3CCCC3)n2)c1. The molecule has 0 saturated carbocycles. The second-order valence-corrected chi connectivity index (χ2v) is 7.87. The molecule has 1 aliphatic rings. The van der Waals surface area contributed by atoms with Crippen molar-refractivity contribution in [1.82, 2.24) is 4.98 Å². The van der Waals surface area contributed by atoms with Gasteiger partial charge in [-0.1, -0.05) is 12.1 Å². The zero-order valence-corrected chi connectivity index (χ0v) is 15.6. The molecule has 0 bridgehead atoms. The number of hydrogen-bond acceptors (Lipinski definition) is 4. The molecule has 3 rings (SSSR count). The van der Waals surface area contributed by atoms with Crippen molar-refractivity contribution in [3.8, 4) is 11.3 Å². The van der Waals surface area contributed by atoms with Crippen LogP contribution in [0.1, 0.15) is 26.7 Å². The molecule has 1 N–H and O–H groups in total. The fraction of sp³-hybridized carbons (Fsp3) is 0.444. The number of anilines is 2. The summed E-state index contributed by atoms with van der Waals surface area (Å²) >= 11 is 7.55. The summed E-state index contributed by atoms with van der Waals surface area (Å²) < 4.78 is 0. The Morgan fingerprint density at radius 1 is 1.38 bits per heavy atom. The van der Waals surface area contributed by atoms with Crippen molar-refractivity contribution >= 4 is 39.7 Å². The summed E-state index contributed by atoms with van der Waals surface area (Å²) in [5, 5.41) is 6.11. The summed E-state index contributed by atoms with van der Waals surface area (Å²) in [6.45, 7) is 5.86. The van der Waals surface area contributed by atoms with Crippen molar-refractivity contribution in [2.75, 3.05) is 29.2 Å². The van der Waals surface area contributed by atoms with Gasteiger partial charge in [0.15, 0.2) is 5.13 Å². The standard InChI is InChI=1S/C18H22ClN3OS/c1-18(2,12-19)16(23)20-14-7-5-6-13(10-14)15-11-24-17(21-15)22-8-3-4-9-22/h5-7,10-11H,3-4,8-9,12H2,1-2H3,(H,20,23). The first-order chi connectivity index (χ1) is 11.5. The van der Waals surface area contributed by atoms with Gasteiger partial charge in [0.2, 0.25) is 5.91 Å². The summed E-state index contributed by atoms with van der Waals surface area (Å²) in [4.78, 5) is 19.4. The molecule has 0 unspecified atom stereocenters. The Morgan fingerprint density at radius 3 is 2.83 bits per heavy atom. The van der Waals surface area contributed by atoms with Gasteiger partial charge < -0.3 is 10.2 Å².